The number of oxazole rings is 1. The Morgan fingerprint density at radius 3 is 2.50 bits per heavy atom. The summed E-state index contributed by atoms with van der Waals surface area (Å²) in [6, 6.07) is 21.8. The lowest BCUT2D eigenvalue weighted by Gasteiger charge is -2.22. The second kappa shape index (κ2) is 10.1. The fourth-order valence-electron chi connectivity index (χ4n) is 4.63. The maximum absolute atomic E-state index is 12.4. The summed E-state index contributed by atoms with van der Waals surface area (Å²) in [4.78, 5) is 17.0. The van der Waals surface area contributed by atoms with Crippen LogP contribution in [0.3, 0.4) is 0 Å². The van der Waals surface area contributed by atoms with E-state index < -0.39 is 0 Å². The fraction of sp³-hybridized carbons (Fsp3) is 0.310. The molecule has 3 aromatic carbocycles. The van der Waals surface area contributed by atoms with Gasteiger partial charge in [0.25, 0.3) is 5.91 Å². The molecule has 174 valence electrons. The van der Waals surface area contributed by atoms with Crippen molar-refractivity contribution < 1.29 is 13.9 Å². The number of nitrogens with one attached hydrogen (secondary N) is 1. The molecule has 0 bridgehead atoms. The molecule has 1 aliphatic carbocycles. The van der Waals surface area contributed by atoms with Crippen LogP contribution in [0.2, 0.25) is 0 Å². The molecule has 1 aliphatic rings. The molecule has 0 spiro atoms. The molecule has 1 fully saturated rings. The molecule has 1 N–H and O–H groups in total. The third-order valence-electron chi connectivity index (χ3n) is 6.60. The Balaban J connectivity index is 1.15. The highest BCUT2D eigenvalue weighted by atomic mass is 16.5. The first-order valence-electron chi connectivity index (χ1n) is 12.2. The lowest BCUT2D eigenvalue weighted by atomic mass is 9.84. The Bertz CT molecular complexity index is 1250. The van der Waals surface area contributed by atoms with Crippen LogP contribution >= 0.6 is 0 Å². The number of aromatic nitrogens is 1. The van der Waals surface area contributed by atoms with Gasteiger partial charge in [-0.1, -0.05) is 44.4 Å². The number of carbonyl (C=O) groups excluding carboxylic acids is 1. The molecule has 5 rings (SSSR count). The van der Waals surface area contributed by atoms with Crippen LogP contribution in [-0.4, -0.2) is 17.5 Å². The molecule has 0 saturated heterocycles. The number of hydrogen-bond donors (Lipinski definition) is 1. The molecule has 0 radical (unpaired) electrons. The molecule has 1 heterocycles. The zero-order valence-electron chi connectivity index (χ0n) is 19.5. The molecular weight excluding hydrogens is 424 g/mol. The number of rotatable bonds is 7. The molecule has 0 aliphatic heterocycles. The minimum absolute atomic E-state index is 0.0323. The van der Waals surface area contributed by atoms with Crippen molar-refractivity contribution in [3.05, 3.63) is 77.9 Å². The summed E-state index contributed by atoms with van der Waals surface area (Å²) in [6.07, 6.45) is 7.49. The summed E-state index contributed by atoms with van der Waals surface area (Å²) in [7, 11) is 0. The van der Waals surface area contributed by atoms with Gasteiger partial charge in [-0.2, -0.15) is 0 Å². The molecule has 4 aromatic rings. The second-order valence-electron chi connectivity index (χ2n) is 8.99. The van der Waals surface area contributed by atoms with E-state index in [0.717, 1.165) is 23.1 Å². The van der Waals surface area contributed by atoms with Crippen molar-refractivity contribution in [3.8, 4) is 17.2 Å². The van der Waals surface area contributed by atoms with Crippen molar-refractivity contribution in [3.63, 3.8) is 0 Å². The predicted octanol–water partition coefficient (Wildman–Crippen LogP) is 7.12. The topological polar surface area (TPSA) is 64.4 Å². The number of amides is 1. The molecule has 1 aromatic heterocycles. The van der Waals surface area contributed by atoms with Gasteiger partial charge >= 0.3 is 0 Å². The summed E-state index contributed by atoms with van der Waals surface area (Å²) in [5.41, 5.74) is 5.80. The van der Waals surface area contributed by atoms with Crippen LogP contribution in [0.25, 0.3) is 22.6 Å². The van der Waals surface area contributed by atoms with E-state index in [1.54, 1.807) is 0 Å². The average molecular weight is 455 g/mol. The van der Waals surface area contributed by atoms with Crippen molar-refractivity contribution in [2.45, 2.75) is 51.4 Å². The maximum atomic E-state index is 12.4. The van der Waals surface area contributed by atoms with E-state index in [4.69, 9.17) is 9.15 Å². The highest BCUT2D eigenvalue weighted by molar-refractivity contribution is 5.92. The van der Waals surface area contributed by atoms with Crippen molar-refractivity contribution in [2.24, 2.45) is 0 Å². The van der Waals surface area contributed by atoms with E-state index in [0.29, 0.717) is 23.2 Å². The first-order chi connectivity index (χ1) is 16.7. The van der Waals surface area contributed by atoms with Crippen LogP contribution < -0.4 is 10.1 Å². The smallest absolute Gasteiger partial charge is 0.262 e. The van der Waals surface area contributed by atoms with Gasteiger partial charge in [-0.25, -0.2) is 4.98 Å². The number of nitrogens with zero attached hydrogens (tertiary/aromatic N) is 1. The molecule has 5 heteroatoms. The largest absolute Gasteiger partial charge is 0.484 e. The van der Waals surface area contributed by atoms with Crippen molar-refractivity contribution in [1.29, 1.82) is 0 Å². The highest BCUT2D eigenvalue weighted by Crippen LogP contribution is 2.33. The molecule has 0 atom stereocenters. The third-order valence-corrected chi connectivity index (χ3v) is 6.60. The van der Waals surface area contributed by atoms with Crippen molar-refractivity contribution >= 4 is 22.7 Å². The van der Waals surface area contributed by atoms with E-state index in [-0.39, 0.29) is 12.5 Å². The summed E-state index contributed by atoms with van der Waals surface area (Å²) in [6.45, 7) is 2.09. The van der Waals surface area contributed by atoms with Crippen LogP contribution in [0.15, 0.2) is 71.1 Å². The van der Waals surface area contributed by atoms with Gasteiger partial charge in [0.2, 0.25) is 5.89 Å². The number of benzene rings is 3. The summed E-state index contributed by atoms with van der Waals surface area (Å²) >= 11 is 0. The monoisotopic (exact) mass is 454 g/mol. The number of hydrogen-bond acceptors (Lipinski definition) is 4. The lowest BCUT2D eigenvalue weighted by Crippen LogP contribution is -2.20. The van der Waals surface area contributed by atoms with Crippen LogP contribution in [-0.2, 0) is 11.2 Å². The normalized spacial score (nSPS) is 14.3. The van der Waals surface area contributed by atoms with Gasteiger partial charge in [0.05, 0.1) is 0 Å². The number of fused-ring (bicyclic) bond motifs is 1. The SMILES string of the molecule is CCc1ccc2oc(-c3ccc(NC(=O)COc4ccc(C5CCCCC5)cc4)cc3)nc2c1. The number of aryl methyl sites for hydroxylation is 1. The van der Waals surface area contributed by atoms with E-state index in [2.05, 4.69) is 41.5 Å². The van der Waals surface area contributed by atoms with Crippen LogP contribution in [0, 0.1) is 0 Å². The number of carbonyl (C=O) groups is 1. The van der Waals surface area contributed by atoms with Gasteiger partial charge in [0.15, 0.2) is 12.2 Å². The third kappa shape index (κ3) is 5.14. The van der Waals surface area contributed by atoms with Crippen molar-refractivity contribution in [1.82, 2.24) is 4.98 Å². The van der Waals surface area contributed by atoms with Gasteiger partial charge in [-0.3, -0.25) is 4.79 Å². The Morgan fingerprint density at radius 2 is 1.76 bits per heavy atom. The van der Waals surface area contributed by atoms with E-state index in [9.17, 15) is 4.79 Å². The van der Waals surface area contributed by atoms with Crippen LogP contribution in [0.5, 0.6) is 5.75 Å². The first-order valence-corrected chi connectivity index (χ1v) is 12.2. The van der Waals surface area contributed by atoms with E-state index in [1.165, 1.54) is 43.2 Å². The number of ether oxygens (including phenoxy) is 1. The standard InChI is InChI=1S/C29H30N2O3/c1-2-20-8-17-27-26(18-20)31-29(34-27)23-9-13-24(14-10-23)30-28(32)19-33-25-15-11-22(12-16-25)21-6-4-3-5-7-21/h8-18,21H,2-7,19H2,1H3,(H,30,32). The van der Waals surface area contributed by atoms with Crippen molar-refractivity contribution in [2.75, 3.05) is 11.9 Å². The summed E-state index contributed by atoms with van der Waals surface area (Å²) in [5, 5.41) is 2.88. The fourth-order valence-corrected chi connectivity index (χ4v) is 4.63. The molecule has 1 saturated carbocycles. The quantitative estimate of drug-likeness (QED) is 0.323. The molecular formula is C29H30N2O3. The Hall–Kier alpha value is -3.60. The average Bonchev–Trinajstić information content (AvgIpc) is 3.32. The second-order valence-corrected chi connectivity index (χ2v) is 8.99. The van der Waals surface area contributed by atoms with Gasteiger partial charge in [0.1, 0.15) is 11.3 Å². The van der Waals surface area contributed by atoms with Crippen LogP contribution in [0.4, 0.5) is 5.69 Å². The lowest BCUT2D eigenvalue weighted by molar-refractivity contribution is -0.118. The highest BCUT2D eigenvalue weighted by Gasteiger charge is 2.15. The summed E-state index contributed by atoms with van der Waals surface area (Å²) in [5.74, 6) is 1.75. The predicted molar refractivity (Wildman–Crippen MR) is 135 cm³/mol. The molecule has 5 nitrogen and oxygen atoms in total. The summed E-state index contributed by atoms with van der Waals surface area (Å²) < 4.78 is 11.6. The zero-order valence-corrected chi connectivity index (χ0v) is 19.5. The molecule has 34 heavy (non-hydrogen) atoms. The van der Waals surface area contributed by atoms with Gasteiger partial charge in [-0.05, 0) is 84.8 Å². The first kappa shape index (κ1) is 22.2. The Morgan fingerprint density at radius 1 is 1.00 bits per heavy atom. The Labute approximate surface area is 200 Å². The van der Waals surface area contributed by atoms with E-state index >= 15 is 0 Å². The van der Waals surface area contributed by atoms with Gasteiger partial charge < -0.3 is 14.5 Å². The number of anilines is 1. The van der Waals surface area contributed by atoms with E-state index in [1.807, 2.05) is 42.5 Å². The molecule has 1 amide bonds. The minimum Gasteiger partial charge on any atom is -0.484 e. The maximum Gasteiger partial charge on any atom is 0.262 e. The van der Waals surface area contributed by atoms with Gasteiger partial charge in [0, 0.05) is 11.3 Å². The molecule has 0 unspecified atom stereocenters. The Kier molecular flexibility index (Phi) is 6.61. The van der Waals surface area contributed by atoms with Crippen LogP contribution in [0.1, 0.15) is 56.1 Å². The zero-order chi connectivity index (χ0) is 23.3. The minimum atomic E-state index is -0.196. The van der Waals surface area contributed by atoms with Gasteiger partial charge in [-0.15, -0.1) is 0 Å².